The number of nitriles is 1. The number of carbonyl (C=O) groups excluding carboxylic acids is 1. The van der Waals surface area contributed by atoms with Gasteiger partial charge in [-0.2, -0.15) is 5.26 Å². The molecule has 1 aromatic carbocycles. The second-order valence-electron chi connectivity index (χ2n) is 4.97. The van der Waals surface area contributed by atoms with Crippen molar-refractivity contribution in [1.82, 2.24) is 5.32 Å². The highest BCUT2D eigenvalue weighted by Crippen LogP contribution is 2.16. The van der Waals surface area contributed by atoms with Crippen LogP contribution in [0.25, 0.3) is 5.70 Å². The van der Waals surface area contributed by atoms with E-state index in [0.717, 1.165) is 5.56 Å². The maximum Gasteiger partial charge on any atom is 0.337 e. The van der Waals surface area contributed by atoms with Crippen LogP contribution in [-0.4, -0.2) is 38.6 Å². The largest absolute Gasteiger partial charge is 0.465 e. The zero-order chi connectivity index (χ0) is 17.9. The zero-order valence-corrected chi connectivity index (χ0v) is 14.5. The molecule has 0 fully saturated rings. The summed E-state index contributed by atoms with van der Waals surface area (Å²) in [7, 11) is 1.34. The summed E-state index contributed by atoms with van der Waals surface area (Å²) in [6.45, 7) is 6.78. The summed E-state index contributed by atoms with van der Waals surface area (Å²) in [5, 5.41) is 12.3. The van der Waals surface area contributed by atoms with Gasteiger partial charge in [0.2, 0.25) is 0 Å². The smallest absolute Gasteiger partial charge is 0.337 e. The lowest BCUT2D eigenvalue weighted by Crippen LogP contribution is -2.40. The lowest BCUT2D eigenvalue weighted by molar-refractivity contribution is -0.148. The predicted molar refractivity (Wildman–Crippen MR) is 91.0 cm³/mol. The van der Waals surface area contributed by atoms with Gasteiger partial charge >= 0.3 is 5.97 Å². The number of ether oxygens (including phenoxy) is 3. The number of hydrogen-bond donors (Lipinski definition) is 1. The van der Waals surface area contributed by atoms with E-state index in [0.29, 0.717) is 24.5 Å². The van der Waals surface area contributed by atoms with Crippen LogP contribution in [0.5, 0.6) is 0 Å². The van der Waals surface area contributed by atoms with Gasteiger partial charge in [-0.25, -0.2) is 4.79 Å². The Bertz CT molecular complexity index is 584. The molecule has 0 saturated heterocycles. The van der Waals surface area contributed by atoms with Crippen LogP contribution in [-0.2, 0) is 14.2 Å². The number of allylic oxidation sites excluding steroid dienone is 1. The zero-order valence-electron chi connectivity index (χ0n) is 14.5. The Hall–Kier alpha value is -2.36. The number of benzene rings is 1. The van der Waals surface area contributed by atoms with Gasteiger partial charge in [0, 0.05) is 19.3 Å². The third-order valence-corrected chi connectivity index (χ3v) is 3.28. The van der Waals surface area contributed by atoms with Crippen molar-refractivity contribution >= 4 is 11.7 Å². The van der Waals surface area contributed by atoms with E-state index in [1.807, 2.05) is 26.8 Å². The summed E-state index contributed by atoms with van der Waals surface area (Å²) in [6.07, 6.45) is 0.995. The van der Waals surface area contributed by atoms with E-state index in [9.17, 15) is 4.79 Å². The molecule has 0 aliphatic carbocycles. The van der Waals surface area contributed by atoms with Crippen molar-refractivity contribution in [2.75, 3.05) is 20.3 Å². The third kappa shape index (κ3) is 5.69. The highest BCUT2D eigenvalue weighted by atomic mass is 16.7. The average Bonchev–Trinajstić information content (AvgIpc) is 2.60. The molecule has 1 N–H and O–H groups in total. The molecule has 0 aliphatic rings. The SMILES string of the molecule is CCOC(OCC)C(C)N/C(=C/C#N)c1ccc(C(=O)OC)cc1. The molecule has 0 aliphatic heterocycles. The fourth-order valence-electron chi connectivity index (χ4n) is 2.16. The second kappa shape index (κ2) is 10.4. The van der Waals surface area contributed by atoms with Gasteiger partial charge in [0.25, 0.3) is 0 Å². The number of carbonyl (C=O) groups is 1. The van der Waals surface area contributed by atoms with Crippen LogP contribution in [0.2, 0.25) is 0 Å². The van der Waals surface area contributed by atoms with Crippen LogP contribution in [0.15, 0.2) is 30.3 Å². The molecule has 0 amide bonds. The molecule has 1 rings (SSSR count). The van der Waals surface area contributed by atoms with Gasteiger partial charge in [-0.15, -0.1) is 0 Å². The molecule has 0 aromatic heterocycles. The normalized spacial score (nSPS) is 12.6. The molecule has 0 radical (unpaired) electrons. The minimum atomic E-state index is -0.420. The minimum absolute atomic E-state index is 0.162. The molecule has 0 heterocycles. The van der Waals surface area contributed by atoms with Crippen molar-refractivity contribution in [3.63, 3.8) is 0 Å². The Morgan fingerprint density at radius 1 is 1.21 bits per heavy atom. The topological polar surface area (TPSA) is 80.6 Å². The van der Waals surface area contributed by atoms with Crippen molar-refractivity contribution < 1.29 is 19.0 Å². The summed E-state index contributed by atoms with van der Waals surface area (Å²) in [5.74, 6) is -0.401. The molecular weight excluding hydrogens is 308 g/mol. The lowest BCUT2D eigenvalue weighted by atomic mass is 10.1. The number of nitrogens with one attached hydrogen (secondary N) is 1. The lowest BCUT2D eigenvalue weighted by Gasteiger charge is -2.26. The molecule has 1 unspecified atom stereocenters. The molecule has 1 aromatic rings. The summed E-state index contributed by atoms with van der Waals surface area (Å²) < 4.78 is 15.8. The van der Waals surface area contributed by atoms with Gasteiger partial charge in [-0.05, 0) is 38.5 Å². The van der Waals surface area contributed by atoms with Crippen LogP contribution >= 0.6 is 0 Å². The Kier molecular flexibility index (Phi) is 8.55. The highest BCUT2D eigenvalue weighted by Gasteiger charge is 2.19. The van der Waals surface area contributed by atoms with Crippen molar-refractivity contribution in [3.8, 4) is 6.07 Å². The molecule has 6 nitrogen and oxygen atoms in total. The van der Waals surface area contributed by atoms with E-state index in [-0.39, 0.29) is 6.04 Å². The second-order valence-corrected chi connectivity index (χ2v) is 4.97. The maximum absolute atomic E-state index is 11.5. The molecule has 6 heteroatoms. The Balaban J connectivity index is 2.93. The number of nitrogens with zero attached hydrogens (tertiary/aromatic N) is 1. The van der Waals surface area contributed by atoms with Crippen molar-refractivity contribution in [2.24, 2.45) is 0 Å². The quantitative estimate of drug-likeness (QED) is 0.425. The van der Waals surface area contributed by atoms with Crippen molar-refractivity contribution in [3.05, 3.63) is 41.5 Å². The van der Waals surface area contributed by atoms with Gasteiger partial charge in [-0.3, -0.25) is 0 Å². The summed E-state index contributed by atoms with van der Waals surface area (Å²) >= 11 is 0. The Morgan fingerprint density at radius 2 is 1.75 bits per heavy atom. The number of hydrogen-bond acceptors (Lipinski definition) is 6. The van der Waals surface area contributed by atoms with E-state index in [1.165, 1.54) is 13.2 Å². The third-order valence-electron chi connectivity index (χ3n) is 3.28. The number of esters is 1. The maximum atomic E-state index is 11.5. The fraction of sp³-hybridized carbons (Fsp3) is 0.444. The van der Waals surface area contributed by atoms with Crippen LogP contribution < -0.4 is 5.32 Å². The molecule has 130 valence electrons. The monoisotopic (exact) mass is 332 g/mol. The first-order valence-electron chi connectivity index (χ1n) is 7.85. The average molecular weight is 332 g/mol. The van der Waals surface area contributed by atoms with E-state index in [4.69, 9.17) is 14.7 Å². The first-order chi connectivity index (χ1) is 11.6. The Labute approximate surface area is 143 Å². The van der Waals surface area contributed by atoms with Crippen LogP contribution in [0.4, 0.5) is 0 Å². The van der Waals surface area contributed by atoms with E-state index in [2.05, 4.69) is 10.1 Å². The van der Waals surface area contributed by atoms with Crippen molar-refractivity contribution in [2.45, 2.75) is 33.1 Å². The van der Waals surface area contributed by atoms with Gasteiger partial charge in [0.05, 0.1) is 30.5 Å². The van der Waals surface area contributed by atoms with Crippen LogP contribution in [0.3, 0.4) is 0 Å². The van der Waals surface area contributed by atoms with E-state index in [1.54, 1.807) is 24.3 Å². The number of methoxy groups -OCH3 is 1. The van der Waals surface area contributed by atoms with Gasteiger partial charge in [0.15, 0.2) is 6.29 Å². The molecule has 0 spiro atoms. The molecule has 0 saturated carbocycles. The fourth-order valence-corrected chi connectivity index (χ4v) is 2.16. The molecule has 0 bridgehead atoms. The first kappa shape index (κ1) is 19.7. The van der Waals surface area contributed by atoms with Crippen molar-refractivity contribution in [1.29, 1.82) is 5.26 Å². The first-order valence-corrected chi connectivity index (χ1v) is 7.85. The highest BCUT2D eigenvalue weighted by molar-refractivity contribution is 5.89. The summed E-state index contributed by atoms with van der Waals surface area (Å²) in [6, 6.07) is 8.68. The van der Waals surface area contributed by atoms with Gasteiger partial charge in [-0.1, -0.05) is 12.1 Å². The van der Waals surface area contributed by atoms with Gasteiger partial charge in [0.1, 0.15) is 0 Å². The minimum Gasteiger partial charge on any atom is -0.465 e. The van der Waals surface area contributed by atoms with Gasteiger partial charge < -0.3 is 19.5 Å². The molecular formula is C18H24N2O4. The number of rotatable bonds is 9. The summed E-state index contributed by atoms with van der Waals surface area (Å²) in [4.78, 5) is 11.5. The van der Waals surface area contributed by atoms with E-state index < -0.39 is 12.3 Å². The van der Waals surface area contributed by atoms with Crippen LogP contribution in [0, 0.1) is 11.3 Å². The van der Waals surface area contributed by atoms with Crippen LogP contribution in [0.1, 0.15) is 36.7 Å². The summed E-state index contributed by atoms with van der Waals surface area (Å²) in [5.41, 5.74) is 1.86. The molecule has 24 heavy (non-hydrogen) atoms. The Morgan fingerprint density at radius 3 is 2.21 bits per heavy atom. The predicted octanol–water partition coefficient (Wildman–Crippen LogP) is 2.71. The van der Waals surface area contributed by atoms with E-state index >= 15 is 0 Å². The molecule has 1 atom stereocenters. The standard InChI is InChI=1S/C18H24N2O4/c1-5-23-18(24-6-2)13(3)20-16(11-12-19)14-7-9-15(10-8-14)17(21)22-4/h7-11,13,18,20H,5-6H2,1-4H3/b16-11+.